The second kappa shape index (κ2) is 9.83. The maximum absolute atomic E-state index is 13.3. The molecule has 0 amide bonds. The van der Waals surface area contributed by atoms with Crippen molar-refractivity contribution in [3.05, 3.63) is 90.2 Å². The molecule has 2 heterocycles. The van der Waals surface area contributed by atoms with Crippen LogP contribution < -0.4 is 10.3 Å². The van der Waals surface area contributed by atoms with Gasteiger partial charge in [-0.15, -0.1) is 0 Å². The summed E-state index contributed by atoms with van der Waals surface area (Å²) in [5, 5.41) is 16.3. The van der Waals surface area contributed by atoms with Gasteiger partial charge in [0.05, 0.1) is 34.8 Å². The molecule has 180 valence electrons. The van der Waals surface area contributed by atoms with Gasteiger partial charge in [-0.3, -0.25) is 14.9 Å². The van der Waals surface area contributed by atoms with Crippen LogP contribution >= 0.6 is 15.9 Å². The monoisotopic (exact) mass is 537 g/mol. The van der Waals surface area contributed by atoms with E-state index in [1.807, 2.05) is 43.5 Å². The Morgan fingerprint density at radius 1 is 1.20 bits per heavy atom. The van der Waals surface area contributed by atoms with Crippen LogP contribution in [-0.2, 0) is 6.42 Å². The van der Waals surface area contributed by atoms with E-state index in [4.69, 9.17) is 4.74 Å². The third kappa shape index (κ3) is 4.61. The zero-order valence-electron chi connectivity index (χ0n) is 19.8. The molecule has 0 unspecified atom stereocenters. The second-order valence-electron chi connectivity index (χ2n) is 8.08. The molecule has 2 aromatic carbocycles. The Balaban J connectivity index is 1.84. The Morgan fingerprint density at radius 2 is 1.97 bits per heavy atom. The third-order valence-electron chi connectivity index (χ3n) is 5.75. The quantitative estimate of drug-likeness (QED) is 0.180. The minimum absolute atomic E-state index is 0.0346. The summed E-state index contributed by atoms with van der Waals surface area (Å²) in [5.74, 6) is 1.09. The van der Waals surface area contributed by atoms with Gasteiger partial charge in [0.25, 0.3) is 11.2 Å². The molecule has 0 radical (unpaired) electrons. The predicted octanol–water partition coefficient (Wildman–Crippen LogP) is 5.32. The first-order valence-corrected chi connectivity index (χ1v) is 11.8. The average molecular weight is 538 g/mol. The molecule has 0 aliphatic carbocycles. The molecule has 0 atom stereocenters. The van der Waals surface area contributed by atoms with E-state index in [0.717, 1.165) is 27.8 Å². The molecule has 4 rings (SSSR count). The summed E-state index contributed by atoms with van der Waals surface area (Å²) in [4.78, 5) is 28.8. The Kier molecular flexibility index (Phi) is 6.83. The lowest BCUT2D eigenvalue weighted by molar-refractivity contribution is -0.384. The lowest BCUT2D eigenvalue weighted by Crippen LogP contribution is -2.22. The van der Waals surface area contributed by atoms with Gasteiger partial charge in [-0.1, -0.05) is 22.9 Å². The van der Waals surface area contributed by atoms with Crippen molar-refractivity contribution in [3.8, 4) is 11.4 Å². The normalized spacial score (nSPS) is 11.5. The van der Waals surface area contributed by atoms with E-state index in [1.54, 1.807) is 18.3 Å². The number of halogens is 1. The van der Waals surface area contributed by atoms with Gasteiger partial charge in [-0.2, -0.15) is 9.78 Å². The van der Waals surface area contributed by atoms with Gasteiger partial charge in [0.2, 0.25) is 0 Å². The van der Waals surface area contributed by atoms with E-state index in [-0.39, 0.29) is 11.2 Å². The van der Waals surface area contributed by atoms with Crippen molar-refractivity contribution >= 4 is 38.7 Å². The molecule has 35 heavy (non-hydrogen) atoms. The van der Waals surface area contributed by atoms with Crippen LogP contribution in [0.4, 0.5) is 5.69 Å². The SMILES string of the molecule is CCCc1nc2ccc(Br)cc2c(=O)n1N=Cc1cc(C)n(-c2cc([N+](=O)[O-])ccc2OC)c1C. The minimum Gasteiger partial charge on any atom is -0.495 e. The van der Waals surface area contributed by atoms with E-state index in [1.165, 1.54) is 23.9 Å². The summed E-state index contributed by atoms with van der Waals surface area (Å²) in [7, 11) is 1.52. The van der Waals surface area contributed by atoms with Gasteiger partial charge in [0.15, 0.2) is 0 Å². The minimum atomic E-state index is -0.438. The van der Waals surface area contributed by atoms with Crippen LogP contribution in [0, 0.1) is 24.0 Å². The topological polar surface area (TPSA) is 105 Å². The molecule has 2 aromatic heterocycles. The molecule has 0 N–H and O–H groups in total. The van der Waals surface area contributed by atoms with Crippen LogP contribution in [0.1, 0.15) is 36.1 Å². The van der Waals surface area contributed by atoms with E-state index >= 15 is 0 Å². The van der Waals surface area contributed by atoms with Gasteiger partial charge >= 0.3 is 0 Å². The van der Waals surface area contributed by atoms with Crippen LogP contribution in [0.2, 0.25) is 0 Å². The first kappa shape index (κ1) is 24.3. The van der Waals surface area contributed by atoms with Crippen molar-refractivity contribution in [2.24, 2.45) is 5.10 Å². The van der Waals surface area contributed by atoms with Crippen LogP contribution in [-0.4, -0.2) is 32.5 Å². The van der Waals surface area contributed by atoms with Gasteiger partial charge in [-0.25, -0.2) is 4.98 Å². The number of benzene rings is 2. The molecule has 10 heteroatoms. The van der Waals surface area contributed by atoms with Crippen LogP contribution in [0.3, 0.4) is 0 Å². The molecule has 0 saturated heterocycles. The fourth-order valence-corrected chi connectivity index (χ4v) is 4.44. The van der Waals surface area contributed by atoms with Gasteiger partial charge in [-0.05, 0) is 50.6 Å². The van der Waals surface area contributed by atoms with E-state index < -0.39 is 4.92 Å². The highest BCUT2D eigenvalue weighted by molar-refractivity contribution is 9.10. The highest BCUT2D eigenvalue weighted by Gasteiger charge is 2.18. The van der Waals surface area contributed by atoms with Crippen molar-refractivity contribution in [3.63, 3.8) is 0 Å². The van der Waals surface area contributed by atoms with Crippen molar-refractivity contribution in [2.45, 2.75) is 33.6 Å². The molecule has 0 bridgehead atoms. The van der Waals surface area contributed by atoms with Crippen molar-refractivity contribution in [1.82, 2.24) is 14.2 Å². The lowest BCUT2D eigenvalue weighted by atomic mass is 10.2. The van der Waals surface area contributed by atoms with Crippen molar-refractivity contribution in [1.29, 1.82) is 0 Å². The zero-order chi connectivity index (χ0) is 25.3. The number of fused-ring (bicyclic) bond motifs is 1. The smallest absolute Gasteiger partial charge is 0.282 e. The standard InChI is InChI=1S/C25H24BrN5O4/c1-5-6-24-28-21-9-7-18(26)12-20(21)25(32)30(24)27-14-17-11-15(2)29(16(17)3)22-13-19(31(33)34)8-10-23(22)35-4/h7-14H,5-6H2,1-4H3. The fourth-order valence-electron chi connectivity index (χ4n) is 4.07. The number of hydrogen-bond acceptors (Lipinski definition) is 6. The first-order valence-electron chi connectivity index (χ1n) is 11.0. The first-order chi connectivity index (χ1) is 16.7. The number of rotatable bonds is 7. The highest BCUT2D eigenvalue weighted by atomic mass is 79.9. The molecule has 4 aromatic rings. The molecule has 0 aliphatic rings. The summed E-state index contributed by atoms with van der Waals surface area (Å²) in [6, 6.07) is 11.8. The fraction of sp³-hybridized carbons (Fsp3) is 0.240. The van der Waals surface area contributed by atoms with Gasteiger partial charge < -0.3 is 9.30 Å². The largest absolute Gasteiger partial charge is 0.495 e. The van der Waals surface area contributed by atoms with Gasteiger partial charge in [0, 0.05) is 40.0 Å². The van der Waals surface area contributed by atoms with Crippen molar-refractivity contribution in [2.75, 3.05) is 7.11 Å². The number of non-ortho nitro benzene ring substituents is 1. The summed E-state index contributed by atoms with van der Waals surface area (Å²) in [6.45, 7) is 5.80. The highest BCUT2D eigenvalue weighted by Crippen LogP contribution is 2.31. The number of nitrogens with zero attached hydrogens (tertiary/aromatic N) is 5. The maximum atomic E-state index is 13.3. The third-order valence-corrected chi connectivity index (χ3v) is 6.24. The average Bonchev–Trinajstić information content (AvgIpc) is 3.11. The summed E-state index contributed by atoms with van der Waals surface area (Å²) in [5.41, 5.74) is 3.30. The summed E-state index contributed by atoms with van der Waals surface area (Å²) in [6.07, 6.45) is 3.03. The number of ether oxygens (including phenoxy) is 1. The van der Waals surface area contributed by atoms with E-state index in [0.29, 0.717) is 34.6 Å². The predicted molar refractivity (Wildman–Crippen MR) is 139 cm³/mol. The second-order valence-corrected chi connectivity index (χ2v) is 8.99. The molecule has 0 fully saturated rings. The number of aromatic nitrogens is 3. The molecule has 9 nitrogen and oxygen atoms in total. The van der Waals surface area contributed by atoms with Gasteiger partial charge in [0.1, 0.15) is 11.6 Å². The molecule has 0 spiro atoms. The number of nitro benzene ring substituents is 1. The zero-order valence-corrected chi connectivity index (χ0v) is 21.4. The molecular formula is C25H24BrN5O4. The van der Waals surface area contributed by atoms with Crippen LogP contribution in [0.5, 0.6) is 5.75 Å². The Bertz CT molecular complexity index is 1540. The Hall–Kier alpha value is -3.79. The van der Waals surface area contributed by atoms with Crippen LogP contribution in [0.25, 0.3) is 16.6 Å². The van der Waals surface area contributed by atoms with Crippen LogP contribution in [0.15, 0.2) is 56.8 Å². The lowest BCUT2D eigenvalue weighted by Gasteiger charge is -2.13. The van der Waals surface area contributed by atoms with Crippen molar-refractivity contribution < 1.29 is 9.66 Å². The van der Waals surface area contributed by atoms with E-state index in [9.17, 15) is 14.9 Å². The maximum Gasteiger partial charge on any atom is 0.282 e. The number of nitro groups is 1. The van der Waals surface area contributed by atoms with E-state index in [2.05, 4.69) is 26.0 Å². The molecule has 0 aliphatic heterocycles. The number of methoxy groups -OCH3 is 1. The molecule has 0 saturated carbocycles. The summed E-state index contributed by atoms with van der Waals surface area (Å²) < 4.78 is 9.47. The Morgan fingerprint density at radius 3 is 2.66 bits per heavy atom. The number of hydrogen-bond donors (Lipinski definition) is 0. The summed E-state index contributed by atoms with van der Waals surface area (Å²) >= 11 is 3.41. The number of aryl methyl sites for hydroxylation is 2. The Labute approximate surface area is 210 Å². The molecular weight excluding hydrogens is 514 g/mol.